The first-order valence-corrected chi connectivity index (χ1v) is 9.14. The minimum Gasteiger partial charge on any atom is -0.408 e. The van der Waals surface area contributed by atoms with E-state index in [9.17, 15) is 9.59 Å². The molecule has 0 aliphatic carbocycles. The highest BCUT2D eigenvalue weighted by Crippen LogP contribution is 2.16. The van der Waals surface area contributed by atoms with Crippen molar-refractivity contribution in [3.63, 3.8) is 0 Å². The molecule has 0 unspecified atom stereocenters. The van der Waals surface area contributed by atoms with Crippen molar-refractivity contribution < 1.29 is 9.21 Å². The van der Waals surface area contributed by atoms with Crippen LogP contribution >= 0.6 is 0 Å². The number of rotatable bonds is 3. The molecule has 0 bridgehead atoms. The highest BCUT2D eigenvalue weighted by atomic mass is 16.4. The van der Waals surface area contributed by atoms with Gasteiger partial charge in [0.15, 0.2) is 5.58 Å². The number of likely N-dealkylation sites (N-methyl/N-ethyl adjacent to an activating group) is 1. The Balaban J connectivity index is 1.64. The van der Waals surface area contributed by atoms with Gasteiger partial charge in [0.05, 0.1) is 5.52 Å². The van der Waals surface area contributed by atoms with E-state index in [0.29, 0.717) is 11.1 Å². The van der Waals surface area contributed by atoms with Gasteiger partial charge in [0.2, 0.25) is 5.91 Å². The van der Waals surface area contributed by atoms with Crippen LogP contribution in [0.3, 0.4) is 0 Å². The number of oxazole rings is 1. The zero-order valence-electron chi connectivity index (χ0n) is 15.8. The Morgan fingerprint density at radius 1 is 0.931 bits per heavy atom. The Morgan fingerprint density at radius 3 is 2.31 bits per heavy atom. The molecule has 5 heteroatoms. The molecule has 0 radical (unpaired) electrons. The molecule has 142 valence electrons. The SMILES string of the molecule is CN(C(=O)Cn1c(=O)oc2ccc(C#Cc3ccccc3)cc21)c1ccccc1. The van der Waals surface area contributed by atoms with E-state index in [0.717, 1.165) is 16.8 Å². The average Bonchev–Trinajstić information content (AvgIpc) is 3.07. The maximum atomic E-state index is 12.7. The number of benzene rings is 3. The van der Waals surface area contributed by atoms with Gasteiger partial charge in [-0.2, -0.15) is 0 Å². The van der Waals surface area contributed by atoms with E-state index in [1.54, 1.807) is 25.2 Å². The summed E-state index contributed by atoms with van der Waals surface area (Å²) in [6.45, 7) is -0.118. The van der Waals surface area contributed by atoms with E-state index >= 15 is 0 Å². The number of fused-ring (bicyclic) bond motifs is 1. The van der Waals surface area contributed by atoms with Gasteiger partial charge in [-0.3, -0.25) is 9.36 Å². The minimum atomic E-state index is -0.567. The van der Waals surface area contributed by atoms with Gasteiger partial charge in [-0.05, 0) is 42.5 Å². The Hall–Kier alpha value is -4.04. The number of nitrogens with zero attached hydrogens (tertiary/aromatic N) is 2. The lowest BCUT2D eigenvalue weighted by Gasteiger charge is -2.17. The third-order valence-electron chi connectivity index (χ3n) is 4.60. The van der Waals surface area contributed by atoms with E-state index < -0.39 is 5.76 Å². The maximum absolute atomic E-state index is 12.7. The van der Waals surface area contributed by atoms with E-state index in [-0.39, 0.29) is 12.5 Å². The molecule has 0 aliphatic heterocycles. The number of hydrogen-bond acceptors (Lipinski definition) is 3. The third-order valence-corrected chi connectivity index (χ3v) is 4.60. The largest absolute Gasteiger partial charge is 0.420 e. The van der Waals surface area contributed by atoms with Gasteiger partial charge in [0, 0.05) is 23.9 Å². The van der Waals surface area contributed by atoms with Crippen LogP contribution in [0.15, 0.2) is 88.1 Å². The van der Waals surface area contributed by atoms with E-state index in [4.69, 9.17) is 4.42 Å². The number of anilines is 1. The van der Waals surface area contributed by atoms with Crippen molar-refractivity contribution in [3.8, 4) is 11.8 Å². The fraction of sp³-hybridized carbons (Fsp3) is 0.0833. The van der Waals surface area contributed by atoms with Crippen molar-refractivity contribution in [1.29, 1.82) is 0 Å². The number of aromatic nitrogens is 1. The van der Waals surface area contributed by atoms with Crippen LogP contribution in [-0.2, 0) is 11.3 Å². The molecule has 0 fully saturated rings. The minimum absolute atomic E-state index is 0.118. The number of carbonyl (C=O) groups is 1. The molecular formula is C24H18N2O3. The van der Waals surface area contributed by atoms with Gasteiger partial charge < -0.3 is 9.32 Å². The molecule has 0 N–H and O–H groups in total. The molecule has 0 aliphatic rings. The molecule has 5 nitrogen and oxygen atoms in total. The number of amides is 1. The summed E-state index contributed by atoms with van der Waals surface area (Å²) in [5.41, 5.74) is 3.37. The maximum Gasteiger partial charge on any atom is 0.420 e. The van der Waals surface area contributed by atoms with Crippen molar-refractivity contribution in [2.45, 2.75) is 6.54 Å². The lowest BCUT2D eigenvalue weighted by molar-refractivity contribution is -0.118. The quantitative estimate of drug-likeness (QED) is 0.508. The van der Waals surface area contributed by atoms with Crippen LogP contribution in [0.1, 0.15) is 11.1 Å². The Kier molecular flexibility index (Phi) is 5.00. The number of para-hydroxylation sites is 1. The lowest BCUT2D eigenvalue weighted by atomic mass is 10.1. The Morgan fingerprint density at radius 2 is 1.59 bits per heavy atom. The van der Waals surface area contributed by atoms with Gasteiger partial charge in [-0.15, -0.1) is 0 Å². The summed E-state index contributed by atoms with van der Waals surface area (Å²) in [6, 6.07) is 24.2. The molecule has 0 atom stereocenters. The third kappa shape index (κ3) is 3.97. The molecule has 1 heterocycles. The van der Waals surface area contributed by atoms with Crippen LogP contribution in [0.25, 0.3) is 11.1 Å². The van der Waals surface area contributed by atoms with Crippen molar-refractivity contribution in [3.05, 3.63) is 101 Å². The van der Waals surface area contributed by atoms with Crippen molar-refractivity contribution in [2.24, 2.45) is 0 Å². The molecule has 1 aromatic heterocycles. The summed E-state index contributed by atoms with van der Waals surface area (Å²) in [5.74, 6) is 5.39. The zero-order valence-corrected chi connectivity index (χ0v) is 15.8. The molecule has 1 amide bonds. The van der Waals surface area contributed by atoms with Crippen LogP contribution in [0, 0.1) is 11.8 Å². The summed E-state index contributed by atoms with van der Waals surface area (Å²) >= 11 is 0. The number of hydrogen-bond donors (Lipinski definition) is 0. The Bertz CT molecular complexity index is 1280. The summed E-state index contributed by atoms with van der Waals surface area (Å²) in [5, 5.41) is 0. The summed E-state index contributed by atoms with van der Waals surface area (Å²) in [7, 11) is 1.68. The lowest BCUT2D eigenvalue weighted by Crippen LogP contribution is -2.32. The van der Waals surface area contributed by atoms with Crippen LogP contribution in [0.5, 0.6) is 0 Å². The van der Waals surface area contributed by atoms with Crippen molar-refractivity contribution in [1.82, 2.24) is 4.57 Å². The van der Waals surface area contributed by atoms with Gasteiger partial charge in [0.1, 0.15) is 6.54 Å². The molecule has 0 saturated heterocycles. The van der Waals surface area contributed by atoms with Crippen LogP contribution in [0.2, 0.25) is 0 Å². The highest BCUT2D eigenvalue weighted by Gasteiger charge is 2.16. The zero-order chi connectivity index (χ0) is 20.2. The summed E-state index contributed by atoms with van der Waals surface area (Å²) in [6.07, 6.45) is 0. The van der Waals surface area contributed by atoms with E-state index in [2.05, 4.69) is 11.8 Å². The molecule has 29 heavy (non-hydrogen) atoms. The fourth-order valence-electron chi connectivity index (χ4n) is 2.99. The van der Waals surface area contributed by atoms with E-state index in [1.165, 1.54) is 9.47 Å². The van der Waals surface area contributed by atoms with Crippen molar-refractivity contribution in [2.75, 3.05) is 11.9 Å². The molecule has 0 spiro atoms. The summed E-state index contributed by atoms with van der Waals surface area (Å²) in [4.78, 5) is 26.5. The van der Waals surface area contributed by atoms with Gasteiger partial charge in [-0.25, -0.2) is 4.79 Å². The first-order valence-electron chi connectivity index (χ1n) is 9.14. The van der Waals surface area contributed by atoms with Crippen molar-refractivity contribution >= 4 is 22.7 Å². The molecule has 3 aromatic carbocycles. The Labute approximate surface area is 167 Å². The standard InChI is InChI=1S/C24H18N2O3/c1-25(20-10-6-3-7-11-20)23(27)17-26-21-16-19(14-15-22(21)29-24(26)28)13-12-18-8-4-2-5-9-18/h2-11,14-16H,17H2,1H3. The second-order valence-electron chi connectivity index (χ2n) is 6.54. The number of carbonyl (C=O) groups excluding carboxylic acids is 1. The predicted molar refractivity (Wildman–Crippen MR) is 113 cm³/mol. The second kappa shape index (κ2) is 7.91. The average molecular weight is 382 g/mol. The molecule has 4 rings (SSSR count). The van der Waals surface area contributed by atoms with Crippen LogP contribution in [0.4, 0.5) is 5.69 Å². The fourth-order valence-corrected chi connectivity index (χ4v) is 2.99. The topological polar surface area (TPSA) is 55.5 Å². The van der Waals surface area contributed by atoms with Crippen LogP contribution < -0.4 is 10.7 Å². The van der Waals surface area contributed by atoms with Gasteiger partial charge in [0.25, 0.3) is 0 Å². The van der Waals surface area contributed by atoms with Gasteiger partial charge in [-0.1, -0.05) is 48.2 Å². The first kappa shape index (κ1) is 18.3. The highest BCUT2D eigenvalue weighted by molar-refractivity contribution is 5.93. The molecule has 4 aromatic rings. The van der Waals surface area contributed by atoms with Crippen LogP contribution in [-0.4, -0.2) is 17.5 Å². The molecular weight excluding hydrogens is 364 g/mol. The second-order valence-corrected chi connectivity index (χ2v) is 6.54. The smallest absolute Gasteiger partial charge is 0.408 e. The predicted octanol–water partition coefficient (Wildman–Crippen LogP) is 3.66. The first-order chi connectivity index (χ1) is 14.1. The monoisotopic (exact) mass is 382 g/mol. The normalized spacial score (nSPS) is 10.4. The summed E-state index contributed by atoms with van der Waals surface area (Å²) < 4.78 is 6.63. The molecule has 0 saturated carbocycles. The van der Waals surface area contributed by atoms with E-state index in [1.807, 2.05) is 60.7 Å². The van der Waals surface area contributed by atoms with Gasteiger partial charge >= 0.3 is 5.76 Å².